The largest absolute Gasteiger partial charge is 0.417 e. The maximum atomic E-state index is 13.2. The first-order chi connectivity index (χ1) is 12.2. The van der Waals surface area contributed by atoms with Gasteiger partial charge in [-0.3, -0.25) is 14.6 Å². The third-order valence-electron chi connectivity index (χ3n) is 3.89. The Morgan fingerprint density at radius 1 is 1.19 bits per heavy atom. The zero-order valence-corrected chi connectivity index (χ0v) is 14.0. The topological polar surface area (TPSA) is 85.1 Å². The van der Waals surface area contributed by atoms with E-state index in [-0.39, 0.29) is 27.9 Å². The van der Waals surface area contributed by atoms with Crippen molar-refractivity contribution in [3.05, 3.63) is 52.2 Å². The number of amides is 2. The first-order valence-electron chi connectivity index (χ1n) is 7.64. The molecule has 1 aliphatic rings. The summed E-state index contributed by atoms with van der Waals surface area (Å²) < 4.78 is 39.6. The van der Waals surface area contributed by atoms with Crippen molar-refractivity contribution in [3.8, 4) is 11.3 Å². The van der Waals surface area contributed by atoms with E-state index < -0.39 is 29.1 Å². The predicted octanol–water partition coefficient (Wildman–Crippen LogP) is 3.41. The molecule has 1 aliphatic carbocycles. The summed E-state index contributed by atoms with van der Waals surface area (Å²) >= 11 is 6.03. The number of nitrogens with one attached hydrogen (secondary N) is 1. The summed E-state index contributed by atoms with van der Waals surface area (Å²) in [5.74, 6) is -1.62. The molecule has 1 saturated carbocycles. The normalized spacial score (nSPS) is 14.2. The van der Waals surface area contributed by atoms with Gasteiger partial charge in [-0.1, -0.05) is 17.7 Å². The molecule has 136 valence electrons. The molecule has 1 heterocycles. The molecular weight excluding hydrogens is 371 g/mol. The van der Waals surface area contributed by atoms with Gasteiger partial charge in [0.2, 0.25) is 0 Å². The minimum Gasteiger partial charge on any atom is -0.366 e. The summed E-state index contributed by atoms with van der Waals surface area (Å²) in [6, 6.07) is 5.06. The Morgan fingerprint density at radius 2 is 1.88 bits per heavy atom. The number of carbonyl (C=O) groups is 2. The van der Waals surface area contributed by atoms with Gasteiger partial charge in [0, 0.05) is 17.8 Å². The van der Waals surface area contributed by atoms with Gasteiger partial charge in [0.15, 0.2) is 0 Å². The molecule has 2 aromatic rings. The Bertz CT molecular complexity index is 895. The highest BCUT2D eigenvalue weighted by Crippen LogP contribution is 2.34. The second-order valence-electron chi connectivity index (χ2n) is 5.92. The number of hydrogen-bond acceptors (Lipinski definition) is 3. The molecule has 26 heavy (non-hydrogen) atoms. The number of nitrogens with zero attached hydrogens (tertiary/aromatic N) is 1. The van der Waals surface area contributed by atoms with Crippen molar-refractivity contribution in [2.45, 2.75) is 25.1 Å². The van der Waals surface area contributed by atoms with Gasteiger partial charge in [0.05, 0.1) is 27.4 Å². The Balaban J connectivity index is 2.03. The van der Waals surface area contributed by atoms with Gasteiger partial charge in [-0.2, -0.15) is 13.2 Å². The van der Waals surface area contributed by atoms with E-state index in [9.17, 15) is 22.8 Å². The molecule has 0 atom stereocenters. The zero-order valence-electron chi connectivity index (χ0n) is 13.2. The number of primary amides is 1. The van der Waals surface area contributed by atoms with E-state index >= 15 is 0 Å². The van der Waals surface area contributed by atoms with Crippen LogP contribution in [0.3, 0.4) is 0 Å². The first kappa shape index (κ1) is 18.2. The Morgan fingerprint density at radius 3 is 2.46 bits per heavy atom. The summed E-state index contributed by atoms with van der Waals surface area (Å²) in [6.07, 6.45) is -2.23. The smallest absolute Gasteiger partial charge is 0.366 e. The van der Waals surface area contributed by atoms with Gasteiger partial charge in [0.25, 0.3) is 11.8 Å². The number of benzene rings is 1. The van der Waals surface area contributed by atoms with E-state index in [0.29, 0.717) is 0 Å². The van der Waals surface area contributed by atoms with Crippen LogP contribution in [-0.2, 0) is 6.18 Å². The monoisotopic (exact) mass is 383 g/mol. The van der Waals surface area contributed by atoms with Crippen LogP contribution in [0.1, 0.15) is 39.1 Å². The SMILES string of the molecule is NC(=O)c1cnc(-c2ccc(Cl)c(C(=O)NC3CC3)c2)cc1C(F)(F)F. The molecule has 0 unspecified atom stereocenters. The molecule has 5 nitrogen and oxygen atoms in total. The van der Waals surface area contributed by atoms with Crippen LogP contribution >= 0.6 is 11.6 Å². The van der Waals surface area contributed by atoms with Crippen molar-refractivity contribution in [2.75, 3.05) is 0 Å². The van der Waals surface area contributed by atoms with Crippen LogP contribution in [-0.4, -0.2) is 22.8 Å². The summed E-state index contributed by atoms with van der Waals surface area (Å²) in [5, 5.41) is 2.94. The zero-order chi connectivity index (χ0) is 19.1. The Labute approximate surface area is 151 Å². The van der Waals surface area contributed by atoms with Crippen LogP contribution in [0.25, 0.3) is 11.3 Å². The highest BCUT2D eigenvalue weighted by molar-refractivity contribution is 6.34. The third-order valence-corrected chi connectivity index (χ3v) is 4.22. The Hall–Kier alpha value is -2.61. The van der Waals surface area contributed by atoms with Gasteiger partial charge in [-0.25, -0.2) is 0 Å². The molecule has 0 spiro atoms. The fourth-order valence-corrected chi connectivity index (χ4v) is 2.60. The van der Waals surface area contributed by atoms with Crippen molar-refractivity contribution in [1.29, 1.82) is 0 Å². The molecule has 0 bridgehead atoms. The summed E-state index contributed by atoms with van der Waals surface area (Å²) in [6.45, 7) is 0. The molecule has 2 amide bonds. The predicted molar refractivity (Wildman–Crippen MR) is 88.7 cm³/mol. The van der Waals surface area contributed by atoms with Crippen molar-refractivity contribution in [1.82, 2.24) is 10.3 Å². The number of nitrogens with two attached hydrogens (primary N) is 1. The lowest BCUT2D eigenvalue weighted by Crippen LogP contribution is -2.25. The number of pyridine rings is 1. The van der Waals surface area contributed by atoms with E-state index in [1.165, 1.54) is 18.2 Å². The van der Waals surface area contributed by atoms with E-state index in [1.807, 2.05) is 0 Å². The molecule has 0 saturated heterocycles. The van der Waals surface area contributed by atoms with E-state index in [4.69, 9.17) is 17.3 Å². The van der Waals surface area contributed by atoms with Crippen molar-refractivity contribution in [2.24, 2.45) is 5.73 Å². The molecule has 0 radical (unpaired) electrons. The van der Waals surface area contributed by atoms with Crippen molar-refractivity contribution in [3.63, 3.8) is 0 Å². The van der Waals surface area contributed by atoms with Crippen LogP contribution in [0.4, 0.5) is 13.2 Å². The fourth-order valence-electron chi connectivity index (χ4n) is 2.39. The molecule has 3 N–H and O–H groups in total. The second kappa shape index (κ2) is 6.60. The maximum absolute atomic E-state index is 13.2. The van der Waals surface area contributed by atoms with E-state index in [2.05, 4.69) is 10.3 Å². The lowest BCUT2D eigenvalue weighted by atomic mass is 10.0. The van der Waals surface area contributed by atoms with Crippen LogP contribution in [0.2, 0.25) is 5.02 Å². The minimum atomic E-state index is -4.78. The first-order valence-corrected chi connectivity index (χ1v) is 8.02. The molecule has 0 aliphatic heterocycles. The number of hydrogen-bond donors (Lipinski definition) is 2. The van der Waals surface area contributed by atoms with Crippen LogP contribution < -0.4 is 11.1 Å². The number of halogens is 4. The highest BCUT2D eigenvalue weighted by atomic mass is 35.5. The average molecular weight is 384 g/mol. The van der Waals surface area contributed by atoms with Gasteiger partial charge >= 0.3 is 6.18 Å². The highest BCUT2D eigenvalue weighted by Gasteiger charge is 2.35. The van der Waals surface area contributed by atoms with Crippen molar-refractivity contribution >= 4 is 23.4 Å². The van der Waals surface area contributed by atoms with E-state index in [1.54, 1.807) is 0 Å². The van der Waals surface area contributed by atoms with Gasteiger partial charge < -0.3 is 11.1 Å². The van der Waals surface area contributed by atoms with E-state index in [0.717, 1.165) is 25.1 Å². The average Bonchev–Trinajstić information content (AvgIpc) is 3.37. The second-order valence-corrected chi connectivity index (χ2v) is 6.33. The van der Waals surface area contributed by atoms with Crippen LogP contribution in [0.15, 0.2) is 30.5 Å². The summed E-state index contributed by atoms with van der Waals surface area (Å²) in [4.78, 5) is 27.3. The van der Waals surface area contributed by atoms with Gasteiger partial charge in [-0.05, 0) is 31.0 Å². The summed E-state index contributed by atoms with van der Waals surface area (Å²) in [5.41, 5.74) is 3.43. The molecule has 1 aromatic heterocycles. The van der Waals surface area contributed by atoms with Crippen LogP contribution in [0.5, 0.6) is 0 Å². The van der Waals surface area contributed by atoms with Crippen LogP contribution in [0, 0.1) is 0 Å². The van der Waals surface area contributed by atoms with Gasteiger partial charge in [0.1, 0.15) is 0 Å². The number of aromatic nitrogens is 1. The lowest BCUT2D eigenvalue weighted by Gasteiger charge is -2.13. The third kappa shape index (κ3) is 3.80. The quantitative estimate of drug-likeness (QED) is 0.848. The maximum Gasteiger partial charge on any atom is 0.417 e. The number of alkyl halides is 3. The standard InChI is InChI=1S/C17H13ClF3N3O2/c18-13-4-1-8(5-10(13)16(26)24-9-2-3-9)14-6-12(17(19,20)21)11(7-23-14)15(22)25/h1,4-7,9H,2-3H2,(H2,22,25)(H,24,26). The number of rotatable bonds is 4. The molecule has 1 fully saturated rings. The lowest BCUT2D eigenvalue weighted by molar-refractivity contribution is -0.137. The molecule has 9 heteroatoms. The number of carbonyl (C=O) groups excluding carboxylic acids is 2. The summed E-state index contributed by atoms with van der Waals surface area (Å²) in [7, 11) is 0. The minimum absolute atomic E-state index is 0.0561. The fraction of sp³-hybridized carbons (Fsp3) is 0.235. The van der Waals surface area contributed by atoms with Gasteiger partial charge in [-0.15, -0.1) is 0 Å². The Kier molecular flexibility index (Phi) is 4.62. The molecule has 1 aromatic carbocycles. The molecule has 3 rings (SSSR count). The van der Waals surface area contributed by atoms with Crippen molar-refractivity contribution < 1.29 is 22.8 Å². The molecular formula is C17H13ClF3N3O2.